The summed E-state index contributed by atoms with van der Waals surface area (Å²) < 4.78 is 1.25. The first kappa shape index (κ1) is 8.45. The van der Waals surface area contributed by atoms with Gasteiger partial charge in [-0.1, -0.05) is 12.1 Å². The van der Waals surface area contributed by atoms with Crippen LogP contribution in [0.2, 0.25) is 0 Å². The summed E-state index contributed by atoms with van der Waals surface area (Å²) in [5.41, 5.74) is 0.374. The van der Waals surface area contributed by atoms with Gasteiger partial charge in [-0.3, -0.25) is 9.36 Å². The van der Waals surface area contributed by atoms with Gasteiger partial charge in [0.25, 0.3) is 5.56 Å². The van der Waals surface area contributed by atoms with Crippen molar-refractivity contribution in [3.8, 4) is 6.07 Å². The monoisotopic (exact) mass is 185 g/mol. The summed E-state index contributed by atoms with van der Waals surface area (Å²) in [5.74, 6) is 0.133. The van der Waals surface area contributed by atoms with Crippen LogP contribution in [0.15, 0.2) is 29.1 Å². The van der Waals surface area contributed by atoms with Crippen molar-refractivity contribution in [3.63, 3.8) is 0 Å². The summed E-state index contributed by atoms with van der Waals surface area (Å²) >= 11 is 0. The van der Waals surface area contributed by atoms with Crippen molar-refractivity contribution in [1.82, 2.24) is 9.55 Å². The van der Waals surface area contributed by atoms with Gasteiger partial charge < -0.3 is 0 Å². The third kappa shape index (κ3) is 1.07. The molecule has 1 aromatic carbocycles. The van der Waals surface area contributed by atoms with Crippen molar-refractivity contribution in [1.29, 1.82) is 5.26 Å². The molecule has 0 saturated carbocycles. The average molecular weight is 185 g/mol. The first-order chi connectivity index (χ1) is 6.74. The highest BCUT2D eigenvalue weighted by atomic mass is 16.1. The molecule has 4 nitrogen and oxygen atoms in total. The Kier molecular flexibility index (Phi) is 1.79. The third-order valence-corrected chi connectivity index (χ3v) is 2.08. The maximum absolute atomic E-state index is 11.7. The Bertz CT molecular complexity index is 592. The zero-order valence-corrected chi connectivity index (χ0v) is 7.56. The molecule has 4 heteroatoms. The van der Waals surface area contributed by atoms with Crippen molar-refractivity contribution in [2.45, 2.75) is 0 Å². The van der Waals surface area contributed by atoms with Gasteiger partial charge in [0.05, 0.1) is 10.9 Å². The van der Waals surface area contributed by atoms with E-state index in [1.807, 2.05) is 6.07 Å². The van der Waals surface area contributed by atoms with Gasteiger partial charge in [0.15, 0.2) is 0 Å². The van der Waals surface area contributed by atoms with E-state index < -0.39 is 0 Å². The summed E-state index contributed by atoms with van der Waals surface area (Å²) in [6.45, 7) is 0. The Morgan fingerprint density at radius 2 is 2.14 bits per heavy atom. The number of aromatic nitrogens is 2. The van der Waals surface area contributed by atoms with Crippen LogP contribution < -0.4 is 5.56 Å². The predicted molar refractivity (Wildman–Crippen MR) is 51.7 cm³/mol. The third-order valence-electron chi connectivity index (χ3n) is 2.08. The van der Waals surface area contributed by atoms with Gasteiger partial charge in [0.1, 0.15) is 6.07 Å². The van der Waals surface area contributed by atoms with Crippen LogP contribution in [0, 0.1) is 11.3 Å². The van der Waals surface area contributed by atoms with Gasteiger partial charge in [-0.25, -0.2) is 4.98 Å². The highest BCUT2D eigenvalue weighted by molar-refractivity contribution is 5.77. The first-order valence-corrected chi connectivity index (χ1v) is 4.10. The minimum absolute atomic E-state index is 0.133. The number of hydrogen-bond donors (Lipinski definition) is 0. The lowest BCUT2D eigenvalue weighted by Crippen LogP contribution is -2.20. The van der Waals surface area contributed by atoms with Crippen LogP contribution in [0.4, 0.5) is 0 Å². The quantitative estimate of drug-likeness (QED) is 0.610. The van der Waals surface area contributed by atoms with Crippen molar-refractivity contribution < 1.29 is 0 Å². The van der Waals surface area contributed by atoms with Crippen molar-refractivity contribution in [2.75, 3.05) is 0 Å². The second kappa shape index (κ2) is 2.96. The fourth-order valence-corrected chi connectivity index (χ4v) is 1.32. The molecule has 1 aromatic heterocycles. The van der Waals surface area contributed by atoms with Crippen LogP contribution in [0.1, 0.15) is 5.82 Å². The molecular formula is C10H7N3O. The summed E-state index contributed by atoms with van der Waals surface area (Å²) in [5, 5.41) is 9.27. The summed E-state index contributed by atoms with van der Waals surface area (Å²) in [6.07, 6.45) is 0. The molecule has 68 valence electrons. The topological polar surface area (TPSA) is 58.7 Å². The maximum atomic E-state index is 11.7. The first-order valence-electron chi connectivity index (χ1n) is 4.10. The molecule has 0 saturated heterocycles. The highest BCUT2D eigenvalue weighted by Gasteiger charge is 2.05. The lowest BCUT2D eigenvalue weighted by molar-refractivity contribution is 0.821. The molecule has 0 bridgehead atoms. The second-order valence-electron chi connectivity index (χ2n) is 2.93. The summed E-state index contributed by atoms with van der Waals surface area (Å²) in [4.78, 5) is 15.7. The Balaban J connectivity index is 3.02. The van der Waals surface area contributed by atoms with E-state index in [1.54, 1.807) is 31.3 Å². The van der Waals surface area contributed by atoms with E-state index in [0.29, 0.717) is 10.9 Å². The Labute approximate surface area is 80.0 Å². The minimum Gasteiger partial charge on any atom is -0.287 e. The van der Waals surface area contributed by atoms with Crippen LogP contribution in [0.25, 0.3) is 10.9 Å². The molecule has 1 heterocycles. The standard InChI is InChI=1S/C10H7N3O/c1-13-9(6-11)12-8-5-3-2-4-7(8)10(13)14/h2-5H,1H3. The number of fused-ring (bicyclic) bond motifs is 1. The normalized spacial score (nSPS) is 10.0. The number of nitrogens with zero attached hydrogens (tertiary/aromatic N) is 3. The van der Waals surface area contributed by atoms with Crippen LogP contribution >= 0.6 is 0 Å². The number of hydrogen-bond acceptors (Lipinski definition) is 3. The zero-order valence-electron chi connectivity index (χ0n) is 7.56. The molecule has 0 N–H and O–H groups in total. The van der Waals surface area contributed by atoms with E-state index in [-0.39, 0.29) is 11.4 Å². The molecule has 0 atom stereocenters. The van der Waals surface area contributed by atoms with Crippen molar-refractivity contribution >= 4 is 10.9 Å². The Morgan fingerprint density at radius 3 is 2.86 bits per heavy atom. The second-order valence-corrected chi connectivity index (χ2v) is 2.93. The molecule has 0 unspecified atom stereocenters. The van der Waals surface area contributed by atoms with E-state index in [2.05, 4.69) is 4.98 Å². The largest absolute Gasteiger partial charge is 0.287 e. The molecular weight excluding hydrogens is 178 g/mol. The van der Waals surface area contributed by atoms with Crippen LogP contribution in [0.3, 0.4) is 0 Å². The van der Waals surface area contributed by atoms with Crippen LogP contribution in [0.5, 0.6) is 0 Å². The minimum atomic E-state index is -0.188. The summed E-state index contributed by atoms with van der Waals surface area (Å²) in [7, 11) is 1.54. The molecule has 0 amide bonds. The molecule has 2 rings (SSSR count). The van der Waals surface area contributed by atoms with Gasteiger partial charge in [-0.2, -0.15) is 5.26 Å². The van der Waals surface area contributed by atoms with Gasteiger partial charge >= 0.3 is 0 Å². The molecule has 14 heavy (non-hydrogen) atoms. The molecule has 2 aromatic rings. The highest BCUT2D eigenvalue weighted by Crippen LogP contribution is 2.05. The summed E-state index contributed by atoms with van der Waals surface area (Å²) in [6, 6.07) is 8.86. The van der Waals surface area contributed by atoms with Crippen molar-refractivity contribution in [2.24, 2.45) is 7.05 Å². The number of para-hydroxylation sites is 1. The SMILES string of the molecule is Cn1c(C#N)nc2ccccc2c1=O. The Hall–Kier alpha value is -2.15. The van der Waals surface area contributed by atoms with E-state index >= 15 is 0 Å². The van der Waals surface area contributed by atoms with Crippen LogP contribution in [-0.2, 0) is 7.05 Å². The number of benzene rings is 1. The average Bonchev–Trinajstić information content (AvgIpc) is 2.23. The lowest BCUT2D eigenvalue weighted by atomic mass is 10.2. The van der Waals surface area contributed by atoms with E-state index in [4.69, 9.17) is 5.26 Å². The molecule has 0 radical (unpaired) electrons. The van der Waals surface area contributed by atoms with E-state index in [1.165, 1.54) is 4.57 Å². The van der Waals surface area contributed by atoms with Gasteiger partial charge in [-0.05, 0) is 12.1 Å². The molecule has 0 fully saturated rings. The predicted octanol–water partition coefficient (Wildman–Crippen LogP) is 0.805. The number of rotatable bonds is 0. The number of nitriles is 1. The lowest BCUT2D eigenvalue weighted by Gasteiger charge is -2.01. The van der Waals surface area contributed by atoms with Crippen LogP contribution in [-0.4, -0.2) is 9.55 Å². The van der Waals surface area contributed by atoms with Gasteiger partial charge in [0.2, 0.25) is 5.82 Å². The maximum Gasteiger partial charge on any atom is 0.261 e. The fourth-order valence-electron chi connectivity index (χ4n) is 1.32. The van der Waals surface area contributed by atoms with Gasteiger partial charge in [-0.15, -0.1) is 0 Å². The smallest absolute Gasteiger partial charge is 0.261 e. The Morgan fingerprint density at radius 1 is 1.43 bits per heavy atom. The fraction of sp³-hybridized carbons (Fsp3) is 0.100. The molecule has 0 aliphatic carbocycles. The zero-order chi connectivity index (χ0) is 10.1. The van der Waals surface area contributed by atoms with Crippen molar-refractivity contribution in [3.05, 3.63) is 40.4 Å². The van der Waals surface area contributed by atoms with Gasteiger partial charge in [0, 0.05) is 7.05 Å². The molecule has 0 aliphatic rings. The molecule has 0 spiro atoms. The van der Waals surface area contributed by atoms with E-state index in [0.717, 1.165) is 0 Å². The van der Waals surface area contributed by atoms with E-state index in [9.17, 15) is 4.79 Å². The molecule has 0 aliphatic heterocycles.